The molecular weight excluding hydrogens is 468 g/mol. The molecule has 1 aromatic heterocycles. The summed E-state index contributed by atoms with van der Waals surface area (Å²) in [6.07, 6.45) is 5.36. The number of ether oxygens (including phenoxy) is 1. The molecule has 0 spiro atoms. The van der Waals surface area contributed by atoms with Crippen molar-refractivity contribution in [3.8, 4) is 11.5 Å². The van der Waals surface area contributed by atoms with E-state index in [0.29, 0.717) is 12.0 Å². The summed E-state index contributed by atoms with van der Waals surface area (Å²) in [6.45, 7) is 3.81. The summed E-state index contributed by atoms with van der Waals surface area (Å²) >= 11 is 0. The molecule has 1 N–H and O–H groups in total. The van der Waals surface area contributed by atoms with Gasteiger partial charge in [-0.3, -0.25) is 19.3 Å². The first-order valence-electron chi connectivity index (χ1n) is 11.7. The van der Waals surface area contributed by atoms with Crippen molar-refractivity contribution in [2.45, 2.75) is 32.4 Å². The number of benzene rings is 2. The fourth-order valence-electron chi connectivity index (χ4n) is 4.91. The Labute approximate surface area is 206 Å². The van der Waals surface area contributed by atoms with E-state index in [1.807, 2.05) is 38.1 Å². The number of fused-ring (bicyclic) bond motifs is 5. The molecule has 3 heterocycles. The van der Waals surface area contributed by atoms with E-state index in [4.69, 9.17) is 4.74 Å². The van der Waals surface area contributed by atoms with Gasteiger partial charge in [-0.15, -0.1) is 0 Å². The number of hydrogen-bond acceptors (Lipinski definition) is 5. The summed E-state index contributed by atoms with van der Waals surface area (Å²) in [7, 11) is 0. The summed E-state index contributed by atoms with van der Waals surface area (Å²) in [6, 6.07) is 9.98. The largest absolute Gasteiger partial charge is 0.502 e. The first-order chi connectivity index (χ1) is 17.3. The second-order valence-corrected chi connectivity index (χ2v) is 8.83. The Balaban J connectivity index is 1.87. The molecule has 186 valence electrons. The zero-order valence-corrected chi connectivity index (χ0v) is 19.8. The molecule has 9 heteroatoms. The highest BCUT2D eigenvalue weighted by Crippen LogP contribution is 2.40. The predicted octanol–water partition coefficient (Wildman–Crippen LogP) is 4.01. The van der Waals surface area contributed by atoms with Crippen molar-refractivity contribution in [3.63, 3.8) is 0 Å². The van der Waals surface area contributed by atoms with Crippen LogP contribution in [0.2, 0.25) is 0 Å². The van der Waals surface area contributed by atoms with Crippen LogP contribution in [0.4, 0.5) is 8.78 Å². The van der Waals surface area contributed by atoms with Crippen LogP contribution in [-0.4, -0.2) is 39.9 Å². The van der Waals surface area contributed by atoms with Crippen LogP contribution in [0.1, 0.15) is 46.6 Å². The molecule has 36 heavy (non-hydrogen) atoms. The number of carbonyl (C=O) groups is 1. The molecule has 0 saturated heterocycles. The van der Waals surface area contributed by atoms with E-state index in [0.717, 1.165) is 17.2 Å². The Kier molecular flexibility index (Phi) is 5.99. The van der Waals surface area contributed by atoms with Crippen molar-refractivity contribution in [3.05, 3.63) is 105 Å². The number of halogens is 2. The van der Waals surface area contributed by atoms with Crippen LogP contribution in [-0.2, 0) is 0 Å². The minimum atomic E-state index is -1.11. The van der Waals surface area contributed by atoms with Crippen molar-refractivity contribution in [2.24, 2.45) is 0 Å². The molecule has 0 saturated carbocycles. The van der Waals surface area contributed by atoms with Crippen molar-refractivity contribution in [1.29, 1.82) is 0 Å². The maximum atomic E-state index is 15.2. The summed E-state index contributed by atoms with van der Waals surface area (Å²) in [5.41, 5.74) is 1.09. The minimum absolute atomic E-state index is 0.0392. The highest BCUT2D eigenvalue weighted by atomic mass is 19.2. The molecule has 0 unspecified atom stereocenters. The summed E-state index contributed by atoms with van der Waals surface area (Å²) in [5.74, 6) is -3.57. The number of hydrogen-bond donors (Lipinski definition) is 1. The van der Waals surface area contributed by atoms with Gasteiger partial charge in [-0.2, -0.15) is 4.39 Å². The zero-order chi connectivity index (χ0) is 25.6. The second-order valence-electron chi connectivity index (χ2n) is 8.83. The molecule has 0 fully saturated rings. The van der Waals surface area contributed by atoms with Crippen LogP contribution in [0.5, 0.6) is 11.5 Å². The smallest absolute Gasteiger partial charge is 0.278 e. The van der Waals surface area contributed by atoms with Crippen LogP contribution in [0.25, 0.3) is 0 Å². The summed E-state index contributed by atoms with van der Waals surface area (Å²) in [4.78, 5) is 27.5. The normalized spacial score (nSPS) is 20.2. The molecule has 5 rings (SSSR count). The highest BCUT2D eigenvalue weighted by Gasteiger charge is 2.40. The Morgan fingerprint density at radius 3 is 2.61 bits per heavy atom. The lowest BCUT2D eigenvalue weighted by Gasteiger charge is -2.46. The van der Waals surface area contributed by atoms with Crippen molar-refractivity contribution in [1.82, 2.24) is 9.58 Å². The molecule has 7 nitrogen and oxygen atoms in total. The summed E-state index contributed by atoms with van der Waals surface area (Å²) in [5, 5.41) is 12.4. The zero-order valence-electron chi connectivity index (χ0n) is 19.8. The van der Waals surface area contributed by atoms with Gasteiger partial charge in [0.2, 0.25) is 11.2 Å². The van der Waals surface area contributed by atoms with E-state index in [2.05, 4.69) is 0 Å². The third-order valence-corrected chi connectivity index (χ3v) is 6.75. The number of carbonyl (C=O) groups excluding carboxylic acids is 1. The third kappa shape index (κ3) is 3.71. The maximum absolute atomic E-state index is 15.2. The molecule has 2 atom stereocenters. The second kappa shape index (κ2) is 9.14. The number of aromatic nitrogens is 1. The molecule has 0 radical (unpaired) electrons. The van der Waals surface area contributed by atoms with Gasteiger partial charge in [0.05, 0.1) is 6.04 Å². The van der Waals surface area contributed by atoms with E-state index in [-0.39, 0.29) is 24.7 Å². The average Bonchev–Trinajstić information content (AvgIpc) is 2.89. The van der Waals surface area contributed by atoms with Gasteiger partial charge in [-0.25, -0.2) is 4.39 Å². The Morgan fingerprint density at radius 1 is 1.08 bits per heavy atom. The molecule has 2 bridgehead atoms. The molecule has 2 aliphatic rings. The number of nitrogens with zero attached hydrogens (tertiary/aromatic N) is 3. The number of pyridine rings is 1. The number of amides is 1. The lowest BCUT2D eigenvalue weighted by molar-refractivity contribution is 0.0626. The Morgan fingerprint density at radius 2 is 1.86 bits per heavy atom. The van der Waals surface area contributed by atoms with Gasteiger partial charge >= 0.3 is 0 Å². The fourth-order valence-corrected chi connectivity index (χ4v) is 4.91. The van der Waals surface area contributed by atoms with E-state index >= 15 is 4.39 Å². The predicted molar refractivity (Wildman–Crippen MR) is 130 cm³/mol. The number of aromatic hydroxyl groups is 1. The molecule has 2 aliphatic heterocycles. The van der Waals surface area contributed by atoms with Gasteiger partial charge in [0.25, 0.3) is 5.91 Å². The lowest BCUT2D eigenvalue weighted by Crippen LogP contribution is -2.57. The van der Waals surface area contributed by atoms with Gasteiger partial charge in [0, 0.05) is 17.8 Å². The van der Waals surface area contributed by atoms with Crippen molar-refractivity contribution >= 4 is 5.91 Å². The van der Waals surface area contributed by atoms with E-state index < -0.39 is 40.8 Å². The minimum Gasteiger partial charge on any atom is -0.502 e. The molecule has 1 amide bonds. The number of rotatable bonds is 2. The van der Waals surface area contributed by atoms with Gasteiger partial charge in [-0.05, 0) is 42.7 Å². The maximum Gasteiger partial charge on any atom is 0.278 e. The van der Waals surface area contributed by atoms with E-state index in [9.17, 15) is 19.1 Å². The quantitative estimate of drug-likeness (QED) is 0.546. The average molecular weight is 494 g/mol. The molecule has 0 aliphatic carbocycles. The van der Waals surface area contributed by atoms with Crippen molar-refractivity contribution < 1.29 is 23.4 Å². The Hall–Kier alpha value is -4.14. The number of aryl methyl sites for hydroxylation is 1. The Bertz CT molecular complexity index is 1440. The van der Waals surface area contributed by atoms with Crippen LogP contribution >= 0.6 is 0 Å². The van der Waals surface area contributed by atoms with Crippen LogP contribution in [0, 0.1) is 18.6 Å². The van der Waals surface area contributed by atoms with Crippen LogP contribution in [0.3, 0.4) is 0 Å². The lowest BCUT2D eigenvalue weighted by atomic mass is 9.93. The molecular formula is C27H25F2N3O4. The highest BCUT2D eigenvalue weighted by molar-refractivity contribution is 5.96. The third-order valence-electron chi connectivity index (χ3n) is 6.75. The summed E-state index contributed by atoms with van der Waals surface area (Å²) < 4.78 is 36.7. The monoisotopic (exact) mass is 493 g/mol. The van der Waals surface area contributed by atoms with Crippen LogP contribution < -0.4 is 15.2 Å². The van der Waals surface area contributed by atoms with E-state index in [1.165, 1.54) is 23.0 Å². The first kappa shape index (κ1) is 23.6. The van der Waals surface area contributed by atoms with Gasteiger partial charge in [0.15, 0.2) is 23.0 Å². The van der Waals surface area contributed by atoms with Gasteiger partial charge < -0.3 is 14.7 Å². The molecule has 3 aromatic rings. The molecule has 2 aromatic carbocycles. The topological polar surface area (TPSA) is 75.0 Å². The first-order valence-corrected chi connectivity index (χ1v) is 11.7. The van der Waals surface area contributed by atoms with E-state index in [1.54, 1.807) is 22.1 Å². The van der Waals surface area contributed by atoms with Gasteiger partial charge in [0.1, 0.15) is 19.3 Å². The van der Waals surface area contributed by atoms with Gasteiger partial charge in [-0.1, -0.05) is 37.3 Å². The fraction of sp³-hybridized carbons (Fsp3) is 0.259. The standard InChI is InChI=1S/C27H25F2N3O4/c1-3-17-8-6-14-36-26-19(10-11-20(28)22(26)29)23(18-9-5-4-7-16(18)2)32-15-30(17)27(35)24-25(34)21(33)12-13-31(24)32/h4-13,17,23,34H,3,14-15H2,1-2H3/b8-6-/t17-,23-/m1/s1. The van der Waals surface area contributed by atoms with Crippen LogP contribution in [0.15, 0.2) is 65.6 Å². The SMILES string of the molecule is CC[C@@H]1/C=C\COc2c(ccc(F)c2F)[C@@H](c2ccccc2C)N2CN1C(=O)c1c(O)c(=O)ccn12. The van der Waals surface area contributed by atoms with Crippen molar-refractivity contribution in [2.75, 3.05) is 18.3 Å².